The summed E-state index contributed by atoms with van der Waals surface area (Å²) >= 11 is 0. The largest absolute Gasteiger partial charge is 0.443 e. The number of hydrogen-bond acceptors (Lipinski definition) is 3. The Labute approximate surface area is 94.9 Å². The number of fused-ring (bicyclic) bond motifs is 1. The molecule has 3 rings (SSSR count). The number of aromatic nitrogens is 1. The van der Waals surface area contributed by atoms with Crippen molar-refractivity contribution in [2.24, 2.45) is 0 Å². The monoisotopic (exact) mass is 216 g/mol. The van der Waals surface area contributed by atoms with Gasteiger partial charge in [0.25, 0.3) is 0 Å². The lowest BCUT2D eigenvalue weighted by Gasteiger charge is -2.23. The van der Waals surface area contributed by atoms with E-state index in [9.17, 15) is 0 Å². The standard InChI is InChI=1S/C13H16N2O/c1-2-6-14-11(3-1)7-10-4-5-12-13(8-10)16-9-15-12/h4-5,8-9,11,14H,1-3,6-7H2. The fourth-order valence-electron chi connectivity index (χ4n) is 2.41. The molecule has 1 aliphatic rings. The van der Waals surface area contributed by atoms with E-state index < -0.39 is 0 Å². The van der Waals surface area contributed by atoms with Crippen LogP contribution < -0.4 is 5.32 Å². The van der Waals surface area contributed by atoms with Crippen LogP contribution in [-0.2, 0) is 6.42 Å². The summed E-state index contributed by atoms with van der Waals surface area (Å²) in [6.45, 7) is 1.16. The number of nitrogens with zero attached hydrogens (tertiary/aromatic N) is 1. The van der Waals surface area contributed by atoms with Gasteiger partial charge in [0.1, 0.15) is 5.52 Å². The van der Waals surface area contributed by atoms with E-state index >= 15 is 0 Å². The molecule has 1 fully saturated rings. The molecule has 1 saturated heterocycles. The second-order valence-electron chi connectivity index (χ2n) is 4.51. The molecule has 1 aromatic heterocycles. The summed E-state index contributed by atoms with van der Waals surface area (Å²) < 4.78 is 5.32. The SMILES string of the molecule is c1nc2ccc(CC3CCCCN3)cc2o1. The zero-order valence-electron chi connectivity index (χ0n) is 9.28. The number of piperidine rings is 1. The van der Waals surface area contributed by atoms with Crippen LogP contribution in [0.5, 0.6) is 0 Å². The molecule has 0 saturated carbocycles. The number of oxazole rings is 1. The first-order valence-electron chi connectivity index (χ1n) is 5.97. The minimum atomic E-state index is 0.633. The maximum Gasteiger partial charge on any atom is 0.181 e. The van der Waals surface area contributed by atoms with Gasteiger partial charge in [-0.15, -0.1) is 0 Å². The van der Waals surface area contributed by atoms with Gasteiger partial charge < -0.3 is 9.73 Å². The van der Waals surface area contributed by atoms with Gasteiger partial charge in [0.05, 0.1) is 0 Å². The summed E-state index contributed by atoms with van der Waals surface area (Å²) in [5.74, 6) is 0. The molecule has 0 bridgehead atoms. The quantitative estimate of drug-likeness (QED) is 0.838. The lowest BCUT2D eigenvalue weighted by Crippen LogP contribution is -2.35. The molecule has 1 N–H and O–H groups in total. The Balaban J connectivity index is 1.77. The Morgan fingerprint density at radius 3 is 3.25 bits per heavy atom. The fourth-order valence-corrected chi connectivity index (χ4v) is 2.41. The van der Waals surface area contributed by atoms with Gasteiger partial charge in [-0.3, -0.25) is 0 Å². The molecule has 1 aromatic carbocycles. The highest BCUT2D eigenvalue weighted by Crippen LogP contribution is 2.17. The van der Waals surface area contributed by atoms with Gasteiger partial charge in [-0.05, 0) is 43.5 Å². The molecule has 16 heavy (non-hydrogen) atoms. The topological polar surface area (TPSA) is 38.1 Å². The Kier molecular flexibility index (Phi) is 2.62. The Morgan fingerprint density at radius 2 is 2.38 bits per heavy atom. The summed E-state index contributed by atoms with van der Waals surface area (Å²) in [6, 6.07) is 6.94. The average Bonchev–Trinajstić information content (AvgIpc) is 2.77. The van der Waals surface area contributed by atoms with Gasteiger partial charge in [-0.25, -0.2) is 4.98 Å². The maximum absolute atomic E-state index is 5.32. The van der Waals surface area contributed by atoms with Crippen LogP contribution >= 0.6 is 0 Å². The third kappa shape index (κ3) is 1.95. The van der Waals surface area contributed by atoms with Crippen molar-refractivity contribution in [1.29, 1.82) is 0 Å². The molecule has 2 aromatic rings. The van der Waals surface area contributed by atoms with Crippen molar-refractivity contribution < 1.29 is 4.42 Å². The van der Waals surface area contributed by atoms with Gasteiger partial charge in [-0.1, -0.05) is 12.5 Å². The molecule has 0 spiro atoms. The van der Waals surface area contributed by atoms with E-state index in [2.05, 4.69) is 22.4 Å². The summed E-state index contributed by atoms with van der Waals surface area (Å²) in [6.07, 6.45) is 6.55. The van der Waals surface area contributed by atoms with E-state index in [1.54, 1.807) is 0 Å². The first-order chi connectivity index (χ1) is 7.92. The minimum Gasteiger partial charge on any atom is -0.443 e. The molecule has 0 aliphatic carbocycles. The lowest BCUT2D eigenvalue weighted by atomic mass is 9.98. The van der Waals surface area contributed by atoms with Crippen LogP contribution in [0.3, 0.4) is 0 Å². The van der Waals surface area contributed by atoms with Gasteiger partial charge >= 0.3 is 0 Å². The minimum absolute atomic E-state index is 0.633. The molecule has 1 unspecified atom stereocenters. The van der Waals surface area contributed by atoms with Crippen LogP contribution in [0.2, 0.25) is 0 Å². The average molecular weight is 216 g/mol. The molecule has 1 aliphatic heterocycles. The predicted octanol–water partition coefficient (Wildman–Crippen LogP) is 2.51. The molecule has 84 valence electrons. The van der Waals surface area contributed by atoms with E-state index in [0.29, 0.717) is 6.04 Å². The highest BCUT2D eigenvalue weighted by atomic mass is 16.3. The van der Waals surface area contributed by atoms with Crippen molar-refractivity contribution >= 4 is 11.1 Å². The van der Waals surface area contributed by atoms with E-state index in [4.69, 9.17) is 4.42 Å². The van der Waals surface area contributed by atoms with Crippen LogP contribution in [0.4, 0.5) is 0 Å². The third-order valence-electron chi connectivity index (χ3n) is 3.29. The number of benzene rings is 1. The Hall–Kier alpha value is -1.35. The highest BCUT2D eigenvalue weighted by Gasteiger charge is 2.13. The number of hydrogen-bond donors (Lipinski definition) is 1. The van der Waals surface area contributed by atoms with Crippen LogP contribution in [0.1, 0.15) is 24.8 Å². The van der Waals surface area contributed by atoms with Gasteiger partial charge in [0.15, 0.2) is 12.0 Å². The molecule has 3 nitrogen and oxygen atoms in total. The lowest BCUT2D eigenvalue weighted by molar-refractivity contribution is 0.399. The van der Waals surface area contributed by atoms with Gasteiger partial charge in [-0.2, -0.15) is 0 Å². The van der Waals surface area contributed by atoms with Crippen LogP contribution in [0, 0.1) is 0 Å². The van der Waals surface area contributed by atoms with Crippen LogP contribution in [0.15, 0.2) is 29.0 Å². The molecule has 3 heteroatoms. The smallest absolute Gasteiger partial charge is 0.181 e. The first-order valence-corrected chi connectivity index (χ1v) is 5.97. The van der Waals surface area contributed by atoms with Crippen molar-refractivity contribution in [3.63, 3.8) is 0 Å². The van der Waals surface area contributed by atoms with Crippen molar-refractivity contribution in [3.8, 4) is 0 Å². The molecular weight excluding hydrogens is 200 g/mol. The summed E-state index contributed by atoms with van der Waals surface area (Å²) in [5, 5.41) is 3.56. The molecule has 1 atom stereocenters. The van der Waals surface area contributed by atoms with E-state index in [0.717, 1.165) is 24.1 Å². The fraction of sp³-hybridized carbons (Fsp3) is 0.462. The maximum atomic E-state index is 5.32. The number of rotatable bonds is 2. The predicted molar refractivity (Wildman–Crippen MR) is 63.4 cm³/mol. The van der Waals surface area contributed by atoms with Crippen LogP contribution in [0.25, 0.3) is 11.1 Å². The summed E-state index contributed by atoms with van der Waals surface area (Å²) in [7, 11) is 0. The zero-order valence-corrected chi connectivity index (χ0v) is 9.28. The van der Waals surface area contributed by atoms with Crippen LogP contribution in [-0.4, -0.2) is 17.6 Å². The second kappa shape index (κ2) is 4.26. The molecular formula is C13H16N2O. The van der Waals surface area contributed by atoms with Crippen molar-refractivity contribution in [1.82, 2.24) is 10.3 Å². The van der Waals surface area contributed by atoms with Crippen molar-refractivity contribution in [2.45, 2.75) is 31.7 Å². The summed E-state index contributed by atoms with van der Waals surface area (Å²) in [5.41, 5.74) is 3.18. The zero-order chi connectivity index (χ0) is 10.8. The molecule has 0 amide bonds. The van der Waals surface area contributed by atoms with Crippen molar-refractivity contribution in [2.75, 3.05) is 6.54 Å². The van der Waals surface area contributed by atoms with Gasteiger partial charge in [0, 0.05) is 6.04 Å². The highest BCUT2D eigenvalue weighted by molar-refractivity contribution is 5.72. The van der Waals surface area contributed by atoms with Gasteiger partial charge in [0.2, 0.25) is 0 Å². The number of nitrogens with one attached hydrogen (secondary N) is 1. The normalized spacial score (nSPS) is 21.4. The molecule has 2 heterocycles. The van der Waals surface area contributed by atoms with E-state index in [1.165, 1.54) is 31.2 Å². The summed E-state index contributed by atoms with van der Waals surface area (Å²) in [4.78, 5) is 4.12. The first kappa shape index (κ1) is 9.85. The van der Waals surface area contributed by atoms with E-state index in [-0.39, 0.29) is 0 Å². The third-order valence-corrected chi connectivity index (χ3v) is 3.29. The van der Waals surface area contributed by atoms with E-state index in [1.807, 2.05) is 6.07 Å². The Morgan fingerprint density at radius 1 is 1.38 bits per heavy atom. The second-order valence-corrected chi connectivity index (χ2v) is 4.51. The van der Waals surface area contributed by atoms with Crippen molar-refractivity contribution in [3.05, 3.63) is 30.2 Å². The Bertz CT molecular complexity index is 471. The molecule has 0 radical (unpaired) electrons.